The highest BCUT2D eigenvalue weighted by atomic mass is 16.5. The van der Waals surface area contributed by atoms with Crippen LogP contribution >= 0.6 is 0 Å². The molecule has 0 radical (unpaired) electrons. The van der Waals surface area contributed by atoms with E-state index in [1.807, 2.05) is 73.0 Å². The number of carbonyl (C=O) groups excluding carboxylic acids is 2. The molecule has 3 aromatic rings. The summed E-state index contributed by atoms with van der Waals surface area (Å²) in [6.45, 7) is 13.5. The van der Waals surface area contributed by atoms with Gasteiger partial charge in [-0.1, -0.05) is 50.2 Å². The number of nitrogens with one attached hydrogen (secondary N) is 1. The predicted octanol–water partition coefficient (Wildman–Crippen LogP) is 4.94. The Morgan fingerprint density at radius 2 is 1.79 bits per heavy atom. The van der Waals surface area contributed by atoms with E-state index in [0.29, 0.717) is 43.8 Å². The molecule has 1 saturated heterocycles. The van der Waals surface area contributed by atoms with Gasteiger partial charge in [0, 0.05) is 36.1 Å². The molecule has 1 aromatic heterocycles. The van der Waals surface area contributed by atoms with Crippen LogP contribution in [0.4, 0.5) is 0 Å². The van der Waals surface area contributed by atoms with Crippen molar-refractivity contribution in [2.45, 2.75) is 59.2 Å². The summed E-state index contributed by atoms with van der Waals surface area (Å²) >= 11 is 0. The number of para-hydroxylation sites is 2. The van der Waals surface area contributed by atoms with Gasteiger partial charge >= 0.3 is 0 Å². The van der Waals surface area contributed by atoms with E-state index in [0.717, 1.165) is 48.3 Å². The van der Waals surface area contributed by atoms with E-state index in [9.17, 15) is 9.59 Å². The maximum Gasteiger partial charge on any atom is 0.271 e. The fraction of sp³-hybridized carbons (Fsp3) is 0.500. The monoisotopic (exact) mass is 530 g/mol. The standard InChI is InChI=1S/C32H42N4O3/c1-5-39-29-14-9-7-12-26(29)21-36-30(37)28-18-25-11-6-8-13-27(25)35(28)22-32(36,4)31(38)33-15-10-16-34-19-23(2)17-24(3)20-34/h6-9,11-14,18,23-24H,5,10,15-17,19-22H2,1-4H3,(H,33,38)/t23-,24+,32-/m0/s1. The first-order valence-corrected chi connectivity index (χ1v) is 14.4. The lowest BCUT2D eigenvalue weighted by molar-refractivity contribution is -0.133. The fourth-order valence-electron chi connectivity index (χ4n) is 6.52. The zero-order valence-electron chi connectivity index (χ0n) is 23.8. The molecular formula is C32H42N4O3. The van der Waals surface area contributed by atoms with Crippen molar-refractivity contribution < 1.29 is 14.3 Å². The lowest BCUT2D eigenvalue weighted by Gasteiger charge is -2.44. The summed E-state index contributed by atoms with van der Waals surface area (Å²) in [7, 11) is 0. The van der Waals surface area contributed by atoms with Gasteiger partial charge in [-0.2, -0.15) is 0 Å². The van der Waals surface area contributed by atoms with Crippen molar-refractivity contribution in [2.24, 2.45) is 11.8 Å². The molecule has 0 bridgehead atoms. The summed E-state index contributed by atoms with van der Waals surface area (Å²) in [4.78, 5) is 32.3. The number of aromatic nitrogens is 1. The number of hydrogen-bond acceptors (Lipinski definition) is 4. The molecule has 7 heteroatoms. The van der Waals surface area contributed by atoms with Crippen molar-refractivity contribution in [3.8, 4) is 5.75 Å². The molecule has 2 aliphatic rings. The fourth-order valence-corrected chi connectivity index (χ4v) is 6.52. The van der Waals surface area contributed by atoms with E-state index in [-0.39, 0.29) is 11.8 Å². The molecule has 5 rings (SSSR count). The Bertz CT molecular complexity index is 1320. The molecular weight excluding hydrogens is 488 g/mol. The summed E-state index contributed by atoms with van der Waals surface area (Å²) < 4.78 is 7.88. The first-order chi connectivity index (χ1) is 18.8. The van der Waals surface area contributed by atoms with Gasteiger partial charge in [-0.3, -0.25) is 9.59 Å². The van der Waals surface area contributed by atoms with Crippen LogP contribution in [0.2, 0.25) is 0 Å². The predicted molar refractivity (Wildman–Crippen MR) is 155 cm³/mol. The topological polar surface area (TPSA) is 66.8 Å². The maximum absolute atomic E-state index is 14.1. The quantitative estimate of drug-likeness (QED) is 0.398. The highest BCUT2D eigenvalue weighted by molar-refractivity contribution is 6.03. The van der Waals surface area contributed by atoms with Crippen LogP contribution in [0.25, 0.3) is 10.9 Å². The molecule has 7 nitrogen and oxygen atoms in total. The van der Waals surface area contributed by atoms with Gasteiger partial charge in [-0.05, 0) is 63.3 Å². The molecule has 0 saturated carbocycles. The average Bonchev–Trinajstić information content (AvgIpc) is 3.28. The molecule has 0 unspecified atom stereocenters. The third kappa shape index (κ3) is 5.55. The molecule has 0 spiro atoms. The van der Waals surface area contributed by atoms with Crippen LogP contribution in [0.3, 0.4) is 0 Å². The number of amides is 2. The van der Waals surface area contributed by atoms with Gasteiger partial charge in [0.15, 0.2) is 0 Å². The van der Waals surface area contributed by atoms with Crippen molar-refractivity contribution in [3.05, 3.63) is 65.9 Å². The minimum atomic E-state index is -1.06. The van der Waals surface area contributed by atoms with Crippen LogP contribution in [-0.4, -0.2) is 64.5 Å². The Kier molecular flexibility index (Phi) is 7.98. The van der Waals surface area contributed by atoms with E-state index in [1.165, 1.54) is 6.42 Å². The Balaban J connectivity index is 1.38. The molecule has 39 heavy (non-hydrogen) atoms. The maximum atomic E-state index is 14.1. The van der Waals surface area contributed by atoms with Crippen molar-refractivity contribution in [3.63, 3.8) is 0 Å². The van der Waals surface area contributed by atoms with Crippen LogP contribution in [0, 0.1) is 11.8 Å². The number of piperidine rings is 1. The Hall–Kier alpha value is -3.32. The molecule has 208 valence electrons. The molecule has 1 fully saturated rings. The minimum Gasteiger partial charge on any atom is -0.494 e. The molecule has 3 atom stereocenters. The number of rotatable bonds is 9. The summed E-state index contributed by atoms with van der Waals surface area (Å²) in [5.74, 6) is 1.92. The van der Waals surface area contributed by atoms with Gasteiger partial charge in [0.25, 0.3) is 5.91 Å². The molecule has 2 aliphatic heterocycles. The second kappa shape index (κ2) is 11.4. The van der Waals surface area contributed by atoms with Crippen molar-refractivity contribution in [1.82, 2.24) is 19.7 Å². The number of nitrogens with zero attached hydrogens (tertiary/aromatic N) is 3. The van der Waals surface area contributed by atoms with Gasteiger partial charge in [-0.25, -0.2) is 0 Å². The van der Waals surface area contributed by atoms with Crippen LogP contribution in [0.15, 0.2) is 54.6 Å². The SMILES string of the molecule is CCOc1ccccc1CN1C(=O)c2cc3ccccc3n2C[C@@]1(C)C(=O)NCCCN1C[C@H](C)C[C@H](C)C1. The summed E-state index contributed by atoms with van der Waals surface area (Å²) in [6.07, 6.45) is 2.18. The van der Waals surface area contributed by atoms with Gasteiger partial charge in [0.1, 0.15) is 17.0 Å². The lowest BCUT2D eigenvalue weighted by atomic mass is 9.92. The van der Waals surface area contributed by atoms with Crippen LogP contribution in [0.1, 0.15) is 56.6 Å². The van der Waals surface area contributed by atoms with Gasteiger partial charge in [0.2, 0.25) is 5.91 Å². The Labute approximate surface area is 232 Å². The van der Waals surface area contributed by atoms with E-state index in [2.05, 4.69) is 24.1 Å². The van der Waals surface area contributed by atoms with Crippen molar-refractivity contribution >= 4 is 22.7 Å². The van der Waals surface area contributed by atoms with Crippen LogP contribution in [0.5, 0.6) is 5.75 Å². The largest absolute Gasteiger partial charge is 0.494 e. The number of benzene rings is 2. The van der Waals surface area contributed by atoms with Crippen LogP contribution in [-0.2, 0) is 17.9 Å². The summed E-state index contributed by atoms with van der Waals surface area (Å²) in [5.41, 5.74) is 1.43. The van der Waals surface area contributed by atoms with E-state index >= 15 is 0 Å². The number of fused-ring (bicyclic) bond motifs is 3. The second-order valence-corrected chi connectivity index (χ2v) is 11.7. The number of ether oxygens (including phenoxy) is 1. The third-order valence-corrected chi connectivity index (χ3v) is 8.31. The van der Waals surface area contributed by atoms with Gasteiger partial charge in [0.05, 0.1) is 19.7 Å². The highest BCUT2D eigenvalue weighted by Gasteiger charge is 2.47. The van der Waals surface area contributed by atoms with E-state index in [1.54, 1.807) is 4.90 Å². The lowest BCUT2D eigenvalue weighted by Crippen LogP contribution is -2.63. The van der Waals surface area contributed by atoms with Gasteiger partial charge in [-0.15, -0.1) is 0 Å². The van der Waals surface area contributed by atoms with E-state index < -0.39 is 5.54 Å². The summed E-state index contributed by atoms with van der Waals surface area (Å²) in [6, 6.07) is 17.7. The molecule has 0 aliphatic carbocycles. The van der Waals surface area contributed by atoms with E-state index in [4.69, 9.17) is 4.74 Å². The smallest absolute Gasteiger partial charge is 0.271 e. The number of hydrogen-bond donors (Lipinski definition) is 1. The molecule has 2 aromatic carbocycles. The zero-order chi connectivity index (χ0) is 27.6. The first kappa shape index (κ1) is 27.3. The highest BCUT2D eigenvalue weighted by Crippen LogP contribution is 2.34. The summed E-state index contributed by atoms with van der Waals surface area (Å²) in [5, 5.41) is 4.20. The van der Waals surface area contributed by atoms with Crippen molar-refractivity contribution in [1.29, 1.82) is 0 Å². The zero-order valence-corrected chi connectivity index (χ0v) is 23.8. The average molecular weight is 531 g/mol. The van der Waals surface area contributed by atoms with Crippen LogP contribution < -0.4 is 10.1 Å². The second-order valence-electron chi connectivity index (χ2n) is 11.7. The number of carbonyl (C=O) groups is 2. The molecule has 3 heterocycles. The Morgan fingerprint density at radius 1 is 1.08 bits per heavy atom. The normalized spacial score (nSPS) is 23.6. The molecule has 1 N–H and O–H groups in total. The van der Waals surface area contributed by atoms with Crippen molar-refractivity contribution in [2.75, 3.05) is 32.8 Å². The minimum absolute atomic E-state index is 0.117. The number of likely N-dealkylation sites (tertiary alicyclic amines) is 1. The first-order valence-electron chi connectivity index (χ1n) is 14.4. The molecule has 2 amide bonds. The third-order valence-electron chi connectivity index (χ3n) is 8.31. The Morgan fingerprint density at radius 3 is 2.56 bits per heavy atom. The van der Waals surface area contributed by atoms with Gasteiger partial charge < -0.3 is 24.4 Å².